The van der Waals surface area contributed by atoms with Crippen molar-refractivity contribution in [2.24, 2.45) is 5.92 Å². The van der Waals surface area contributed by atoms with Crippen LogP contribution < -0.4 is 11.2 Å². The molecule has 0 aromatic carbocycles. The summed E-state index contributed by atoms with van der Waals surface area (Å²) in [6, 6.07) is 2.04. The number of H-pyrrole nitrogens is 1. The van der Waals surface area contributed by atoms with Gasteiger partial charge in [-0.2, -0.15) is 5.26 Å². The van der Waals surface area contributed by atoms with Crippen LogP contribution in [0.3, 0.4) is 0 Å². The smallest absolute Gasteiger partial charge is 0.330 e. The molecule has 2 rings (SSSR count). The topological polar surface area (TPSA) is 108 Å². The van der Waals surface area contributed by atoms with E-state index in [1.165, 1.54) is 10.8 Å². The molecule has 1 aliphatic heterocycles. The Morgan fingerprint density at radius 2 is 2.39 bits per heavy atom. The Morgan fingerprint density at radius 1 is 1.67 bits per heavy atom. The Balaban J connectivity index is 2.35. The van der Waals surface area contributed by atoms with E-state index in [9.17, 15) is 9.59 Å². The molecule has 0 bridgehead atoms. The van der Waals surface area contributed by atoms with Crippen LogP contribution in [0.4, 0.5) is 0 Å². The molecule has 1 fully saturated rings. The van der Waals surface area contributed by atoms with Crippen molar-refractivity contribution in [3.63, 3.8) is 0 Å². The molecule has 7 heteroatoms. The molecule has 0 spiro atoms. The molecule has 2 N–H and O–H groups in total. The van der Waals surface area contributed by atoms with Crippen LogP contribution in [0.2, 0.25) is 0 Å². The van der Waals surface area contributed by atoms with E-state index in [1.54, 1.807) is 6.92 Å². The van der Waals surface area contributed by atoms with Gasteiger partial charge in [0.15, 0.2) is 0 Å². The molecule has 1 aliphatic rings. The van der Waals surface area contributed by atoms with Crippen molar-refractivity contribution in [2.75, 3.05) is 6.61 Å². The number of aliphatic hydroxyl groups is 1. The largest absolute Gasteiger partial charge is 0.394 e. The average molecular weight is 251 g/mol. The van der Waals surface area contributed by atoms with Gasteiger partial charge in [0.05, 0.1) is 24.7 Å². The zero-order valence-electron chi connectivity index (χ0n) is 9.79. The van der Waals surface area contributed by atoms with E-state index in [0.29, 0.717) is 12.0 Å². The van der Waals surface area contributed by atoms with Crippen LogP contribution in [0.15, 0.2) is 15.8 Å². The highest BCUT2D eigenvalue weighted by molar-refractivity contribution is 5.03. The Bertz CT molecular complexity index is 598. The maximum atomic E-state index is 11.7. The molecule has 1 aromatic heterocycles. The van der Waals surface area contributed by atoms with Gasteiger partial charge in [0.1, 0.15) is 6.23 Å². The molecule has 0 amide bonds. The third-order valence-corrected chi connectivity index (χ3v) is 3.04. The zero-order valence-corrected chi connectivity index (χ0v) is 9.79. The van der Waals surface area contributed by atoms with Crippen LogP contribution in [0, 0.1) is 24.2 Å². The van der Waals surface area contributed by atoms with Gasteiger partial charge in [0.2, 0.25) is 0 Å². The Kier molecular flexibility index (Phi) is 3.32. The van der Waals surface area contributed by atoms with E-state index >= 15 is 0 Å². The first-order valence-corrected chi connectivity index (χ1v) is 5.54. The molecule has 0 aliphatic carbocycles. The van der Waals surface area contributed by atoms with Gasteiger partial charge in [-0.1, -0.05) is 0 Å². The predicted octanol–water partition coefficient (Wildman–Crippen LogP) is -0.735. The summed E-state index contributed by atoms with van der Waals surface area (Å²) in [5.41, 5.74) is -0.630. The van der Waals surface area contributed by atoms with Gasteiger partial charge in [-0.15, -0.1) is 0 Å². The number of aromatic amines is 1. The molecule has 7 nitrogen and oxygen atoms in total. The van der Waals surface area contributed by atoms with Gasteiger partial charge < -0.3 is 9.84 Å². The predicted molar refractivity (Wildman–Crippen MR) is 60.8 cm³/mol. The second-order valence-electron chi connectivity index (χ2n) is 4.26. The van der Waals surface area contributed by atoms with E-state index in [4.69, 9.17) is 15.1 Å². The second kappa shape index (κ2) is 4.76. The quantitative estimate of drug-likeness (QED) is 0.720. The summed E-state index contributed by atoms with van der Waals surface area (Å²) in [6.07, 6.45) is 0.488. The number of hydrogen-bond acceptors (Lipinski definition) is 5. The van der Waals surface area contributed by atoms with Gasteiger partial charge in [-0.05, 0) is 6.92 Å². The van der Waals surface area contributed by atoms with Gasteiger partial charge >= 0.3 is 5.69 Å². The van der Waals surface area contributed by atoms with Crippen molar-refractivity contribution in [1.29, 1.82) is 5.26 Å². The van der Waals surface area contributed by atoms with Crippen molar-refractivity contribution < 1.29 is 9.84 Å². The molecular weight excluding hydrogens is 238 g/mol. The summed E-state index contributed by atoms with van der Waals surface area (Å²) >= 11 is 0. The van der Waals surface area contributed by atoms with Crippen LogP contribution >= 0.6 is 0 Å². The molecule has 0 radical (unpaired) electrons. The number of aliphatic hydroxyl groups excluding tert-OH is 1. The summed E-state index contributed by atoms with van der Waals surface area (Å²) in [7, 11) is 0. The number of ether oxygens (including phenoxy) is 1. The summed E-state index contributed by atoms with van der Waals surface area (Å²) in [5.74, 6) is -0.459. The number of hydrogen-bond donors (Lipinski definition) is 2. The van der Waals surface area contributed by atoms with Gasteiger partial charge in [-0.25, -0.2) is 4.79 Å². The Hall–Kier alpha value is -1.91. The minimum absolute atomic E-state index is 0.272. The fourth-order valence-electron chi connectivity index (χ4n) is 2.01. The number of nitrogens with one attached hydrogen (secondary N) is 1. The molecular formula is C11H13N3O4. The van der Waals surface area contributed by atoms with Crippen molar-refractivity contribution in [3.8, 4) is 6.07 Å². The number of nitriles is 1. The molecule has 3 atom stereocenters. The number of nitrogens with zero attached hydrogens (tertiary/aromatic N) is 2. The lowest BCUT2D eigenvalue weighted by molar-refractivity contribution is -0.0291. The summed E-state index contributed by atoms with van der Waals surface area (Å²) in [4.78, 5) is 25.1. The van der Waals surface area contributed by atoms with Gasteiger partial charge in [0, 0.05) is 18.2 Å². The van der Waals surface area contributed by atoms with Crippen LogP contribution in [-0.2, 0) is 4.74 Å². The third-order valence-electron chi connectivity index (χ3n) is 3.04. The lowest BCUT2D eigenvalue weighted by Crippen LogP contribution is -2.33. The molecule has 1 aromatic rings. The zero-order chi connectivity index (χ0) is 13.3. The van der Waals surface area contributed by atoms with Crippen molar-refractivity contribution in [2.45, 2.75) is 25.7 Å². The molecule has 2 heterocycles. The molecule has 0 saturated carbocycles. The van der Waals surface area contributed by atoms with Crippen LogP contribution in [-0.4, -0.2) is 27.4 Å². The van der Waals surface area contributed by atoms with Crippen molar-refractivity contribution in [3.05, 3.63) is 32.6 Å². The maximum Gasteiger partial charge on any atom is 0.330 e. The SMILES string of the molecule is Cc1cn([C@@H]2C[C@H](C#N)[C@@H](CO)O2)c(=O)[nH]c1=O. The van der Waals surface area contributed by atoms with Crippen LogP contribution in [0.5, 0.6) is 0 Å². The highest BCUT2D eigenvalue weighted by Crippen LogP contribution is 2.31. The van der Waals surface area contributed by atoms with Gasteiger partial charge in [0.25, 0.3) is 5.56 Å². The van der Waals surface area contributed by atoms with Crippen LogP contribution in [0.1, 0.15) is 18.2 Å². The standard InChI is InChI=1S/C11H13N3O4/c1-6-4-14(11(17)13-10(6)16)9-2-7(3-12)8(5-15)18-9/h4,7-9,15H,2,5H2,1H3,(H,13,16,17)/t7-,8-,9+/m1/s1. The summed E-state index contributed by atoms with van der Waals surface area (Å²) < 4.78 is 6.69. The summed E-state index contributed by atoms with van der Waals surface area (Å²) in [6.45, 7) is 1.31. The monoisotopic (exact) mass is 251 g/mol. The van der Waals surface area contributed by atoms with Crippen LogP contribution in [0.25, 0.3) is 0 Å². The first-order chi connectivity index (χ1) is 8.56. The fraction of sp³-hybridized carbons (Fsp3) is 0.545. The average Bonchev–Trinajstić information content (AvgIpc) is 2.76. The number of aryl methyl sites for hydroxylation is 1. The second-order valence-corrected chi connectivity index (χ2v) is 4.26. The van der Waals surface area contributed by atoms with Crippen molar-refractivity contribution >= 4 is 0 Å². The Labute approximate surface area is 102 Å². The van der Waals surface area contributed by atoms with E-state index < -0.39 is 29.5 Å². The normalized spacial score (nSPS) is 27.1. The number of aromatic nitrogens is 2. The van der Waals surface area contributed by atoms with Gasteiger partial charge in [-0.3, -0.25) is 14.3 Å². The lowest BCUT2D eigenvalue weighted by Gasteiger charge is -2.14. The first kappa shape index (κ1) is 12.5. The highest BCUT2D eigenvalue weighted by atomic mass is 16.5. The Morgan fingerprint density at radius 3 is 2.94 bits per heavy atom. The van der Waals surface area contributed by atoms with E-state index in [1.807, 2.05) is 6.07 Å². The minimum Gasteiger partial charge on any atom is -0.394 e. The fourth-order valence-corrected chi connectivity index (χ4v) is 2.01. The number of rotatable bonds is 2. The minimum atomic E-state index is -0.630. The first-order valence-electron chi connectivity index (χ1n) is 5.54. The molecule has 96 valence electrons. The lowest BCUT2D eigenvalue weighted by atomic mass is 10.0. The van der Waals surface area contributed by atoms with E-state index in [2.05, 4.69) is 4.98 Å². The third kappa shape index (κ3) is 2.08. The highest BCUT2D eigenvalue weighted by Gasteiger charge is 2.36. The molecule has 1 saturated heterocycles. The maximum absolute atomic E-state index is 11.7. The summed E-state index contributed by atoms with van der Waals surface area (Å²) in [5, 5.41) is 18.0. The van der Waals surface area contributed by atoms with E-state index in [0.717, 1.165) is 0 Å². The molecule has 0 unspecified atom stereocenters. The molecule has 18 heavy (non-hydrogen) atoms. The van der Waals surface area contributed by atoms with Crippen molar-refractivity contribution in [1.82, 2.24) is 9.55 Å². The van der Waals surface area contributed by atoms with E-state index in [-0.39, 0.29) is 6.61 Å².